The van der Waals surface area contributed by atoms with Crippen LogP contribution in [0.1, 0.15) is 25.1 Å². The van der Waals surface area contributed by atoms with Gasteiger partial charge in [0.2, 0.25) is 5.91 Å². The molecule has 1 aromatic heterocycles. The van der Waals surface area contributed by atoms with Crippen molar-refractivity contribution in [2.75, 3.05) is 4.90 Å². The van der Waals surface area contributed by atoms with E-state index in [1.807, 2.05) is 53.9 Å². The lowest BCUT2D eigenvalue weighted by Gasteiger charge is -2.18. The van der Waals surface area contributed by atoms with E-state index in [1.165, 1.54) is 16.9 Å². The number of hydrogen-bond acceptors (Lipinski definition) is 4. The predicted molar refractivity (Wildman–Crippen MR) is 114 cm³/mol. The van der Waals surface area contributed by atoms with E-state index in [1.54, 1.807) is 11.8 Å². The average Bonchev–Trinajstić information content (AvgIpc) is 3.10. The first-order valence-electron chi connectivity index (χ1n) is 8.30. The molecule has 3 rings (SSSR count). The van der Waals surface area contributed by atoms with Crippen LogP contribution >= 0.6 is 33.9 Å². The van der Waals surface area contributed by atoms with Gasteiger partial charge in [-0.1, -0.05) is 31.2 Å². The topological polar surface area (TPSA) is 42.4 Å². The molecule has 0 N–H and O–H groups in total. The Balaban J connectivity index is 1.77. The minimum atomic E-state index is -0.0614. The van der Waals surface area contributed by atoms with E-state index in [4.69, 9.17) is 4.74 Å². The highest BCUT2D eigenvalue weighted by atomic mass is 127. The standard InChI is InChI=1S/C20H19IN2O2S/c1-3-15-8-10-17(11-9-15)23(14(2)24)20-22-16(13-26-20)12-25-19-7-5-4-6-18(19)21/h4-11,13H,3,12H2,1-2H3. The Bertz CT molecular complexity index is 893. The molecule has 0 aliphatic heterocycles. The maximum absolute atomic E-state index is 12.2. The number of para-hydroxylation sites is 1. The summed E-state index contributed by atoms with van der Waals surface area (Å²) in [7, 11) is 0. The van der Waals surface area contributed by atoms with Crippen LogP contribution < -0.4 is 9.64 Å². The van der Waals surface area contributed by atoms with Gasteiger partial charge in [-0.05, 0) is 58.8 Å². The molecule has 0 saturated carbocycles. The molecule has 0 saturated heterocycles. The van der Waals surface area contributed by atoms with Crippen molar-refractivity contribution in [2.24, 2.45) is 0 Å². The van der Waals surface area contributed by atoms with E-state index in [-0.39, 0.29) is 5.91 Å². The molecular formula is C20H19IN2O2S. The largest absolute Gasteiger partial charge is 0.486 e. The van der Waals surface area contributed by atoms with Gasteiger partial charge in [0.15, 0.2) is 5.13 Å². The minimum Gasteiger partial charge on any atom is -0.486 e. The van der Waals surface area contributed by atoms with Gasteiger partial charge in [0.1, 0.15) is 12.4 Å². The van der Waals surface area contributed by atoms with Gasteiger partial charge >= 0.3 is 0 Å². The van der Waals surface area contributed by atoms with Crippen LogP contribution in [0.4, 0.5) is 10.8 Å². The van der Waals surface area contributed by atoms with Gasteiger partial charge in [-0.15, -0.1) is 11.3 Å². The molecule has 0 fully saturated rings. The molecule has 0 spiro atoms. The molecule has 0 aliphatic rings. The summed E-state index contributed by atoms with van der Waals surface area (Å²) in [5.41, 5.74) is 2.87. The van der Waals surface area contributed by atoms with Crippen molar-refractivity contribution < 1.29 is 9.53 Å². The molecule has 2 aromatic carbocycles. The third kappa shape index (κ3) is 4.42. The molecule has 134 valence electrons. The van der Waals surface area contributed by atoms with E-state index < -0.39 is 0 Å². The molecule has 26 heavy (non-hydrogen) atoms. The van der Waals surface area contributed by atoms with E-state index in [9.17, 15) is 4.79 Å². The molecule has 0 bridgehead atoms. The van der Waals surface area contributed by atoms with Gasteiger partial charge in [0, 0.05) is 12.3 Å². The number of thiazole rings is 1. The Hall–Kier alpha value is -1.93. The Morgan fingerprint density at radius 1 is 1.19 bits per heavy atom. The van der Waals surface area contributed by atoms with E-state index in [0.29, 0.717) is 11.7 Å². The molecular weight excluding hydrogens is 459 g/mol. The summed E-state index contributed by atoms with van der Waals surface area (Å²) in [5, 5.41) is 2.59. The van der Waals surface area contributed by atoms with Gasteiger partial charge in [0.25, 0.3) is 0 Å². The summed E-state index contributed by atoms with van der Waals surface area (Å²) in [6, 6.07) is 15.9. The number of ether oxygens (including phenoxy) is 1. The highest BCUT2D eigenvalue weighted by Gasteiger charge is 2.18. The molecule has 3 aromatic rings. The SMILES string of the molecule is CCc1ccc(N(C(C)=O)c2nc(COc3ccccc3I)cs2)cc1. The lowest BCUT2D eigenvalue weighted by molar-refractivity contribution is -0.115. The van der Waals surface area contributed by atoms with Gasteiger partial charge in [-0.3, -0.25) is 9.69 Å². The monoisotopic (exact) mass is 478 g/mol. The number of carbonyl (C=O) groups is 1. The van der Waals surface area contributed by atoms with Crippen molar-refractivity contribution in [1.82, 2.24) is 4.98 Å². The van der Waals surface area contributed by atoms with Crippen molar-refractivity contribution >= 4 is 50.7 Å². The molecule has 0 atom stereocenters. The van der Waals surface area contributed by atoms with Crippen LogP contribution in [0.3, 0.4) is 0 Å². The highest BCUT2D eigenvalue weighted by Crippen LogP contribution is 2.30. The lowest BCUT2D eigenvalue weighted by atomic mass is 10.1. The summed E-state index contributed by atoms with van der Waals surface area (Å²) >= 11 is 3.69. The molecule has 1 heterocycles. The van der Waals surface area contributed by atoms with Crippen LogP contribution in [0, 0.1) is 3.57 Å². The third-order valence-electron chi connectivity index (χ3n) is 3.86. The van der Waals surface area contributed by atoms with Gasteiger partial charge in [0.05, 0.1) is 15.0 Å². The quantitative estimate of drug-likeness (QED) is 0.435. The van der Waals surface area contributed by atoms with Crippen LogP contribution in [0.5, 0.6) is 5.75 Å². The van der Waals surface area contributed by atoms with Crippen molar-refractivity contribution in [3.63, 3.8) is 0 Å². The van der Waals surface area contributed by atoms with E-state index >= 15 is 0 Å². The first kappa shape index (κ1) is 18.8. The van der Waals surface area contributed by atoms with Gasteiger partial charge < -0.3 is 4.74 Å². The first-order chi connectivity index (χ1) is 12.6. The van der Waals surface area contributed by atoms with Crippen LogP contribution in [0.2, 0.25) is 0 Å². The normalized spacial score (nSPS) is 10.6. The van der Waals surface area contributed by atoms with Gasteiger partial charge in [-0.2, -0.15) is 0 Å². The van der Waals surface area contributed by atoms with Crippen LogP contribution in [-0.4, -0.2) is 10.9 Å². The van der Waals surface area contributed by atoms with Crippen LogP contribution in [0.25, 0.3) is 0 Å². The smallest absolute Gasteiger partial charge is 0.230 e. The number of carbonyl (C=O) groups excluding carboxylic acids is 1. The van der Waals surface area contributed by atoms with Crippen LogP contribution in [0.15, 0.2) is 53.9 Å². The second-order valence-electron chi connectivity index (χ2n) is 5.71. The average molecular weight is 478 g/mol. The summed E-state index contributed by atoms with van der Waals surface area (Å²) in [4.78, 5) is 18.4. The fraction of sp³-hybridized carbons (Fsp3) is 0.200. The predicted octanol–water partition coefficient (Wildman–Crippen LogP) is 5.57. The number of aryl methyl sites for hydroxylation is 1. The number of rotatable bonds is 6. The molecule has 0 radical (unpaired) electrons. The maximum Gasteiger partial charge on any atom is 0.230 e. The summed E-state index contributed by atoms with van der Waals surface area (Å²) in [5.74, 6) is 0.773. The third-order valence-corrected chi connectivity index (χ3v) is 5.63. The lowest BCUT2D eigenvalue weighted by Crippen LogP contribution is -2.22. The fourth-order valence-electron chi connectivity index (χ4n) is 2.49. The Morgan fingerprint density at radius 3 is 2.58 bits per heavy atom. The second kappa shape index (κ2) is 8.64. The Labute approximate surface area is 171 Å². The Morgan fingerprint density at radius 2 is 1.92 bits per heavy atom. The molecule has 1 amide bonds. The number of benzene rings is 2. The zero-order valence-electron chi connectivity index (χ0n) is 14.6. The number of nitrogens with zero attached hydrogens (tertiary/aromatic N) is 2. The molecule has 0 aliphatic carbocycles. The van der Waals surface area contributed by atoms with E-state index in [0.717, 1.165) is 27.1 Å². The summed E-state index contributed by atoms with van der Waals surface area (Å²) < 4.78 is 6.90. The maximum atomic E-state index is 12.2. The van der Waals surface area contributed by atoms with Crippen molar-refractivity contribution in [3.05, 3.63) is 68.7 Å². The first-order valence-corrected chi connectivity index (χ1v) is 10.3. The van der Waals surface area contributed by atoms with Crippen molar-refractivity contribution in [2.45, 2.75) is 26.9 Å². The minimum absolute atomic E-state index is 0.0614. The second-order valence-corrected chi connectivity index (χ2v) is 7.71. The van der Waals surface area contributed by atoms with Crippen LogP contribution in [-0.2, 0) is 17.8 Å². The summed E-state index contributed by atoms with van der Waals surface area (Å²) in [6.07, 6.45) is 0.970. The van der Waals surface area contributed by atoms with Gasteiger partial charge in [-0.25, -0.2) is 4.98 Å². The van der Waals surface area contributed by atoms with E-state index in [2.05, 4.69) is 34.5 Å². The van der Waals surface area contributed by atoms with Crippen molar-refractivity contribution in [1.29, 1.82) is 0 Å². The zero-order valence-corrected chi connectivity index (χ0v) is 17.6. The number of amides is 1. The number of halogens is 1. The Kier molecular flexibility index (Phi) is 6.26. The molecule has 4 nitrogen and oxygen atoms in total. The number of anilines is 2. The highest BCUT2D eigenvalue weighted by molar-refractivity contribution is 14.1. The number of hydrogen-bond donors (Lipinski definition) is 0. The molecule has 0 unspecified atom stereocenters. The van der Waals surface area contributed by atoms with Crippen molar-refractivity contribution in [3.8, 4) is 5.75 Å². The fourth-order valence-corrected chi connectivity index (χ4v) is 3.90. The zero-order chi connectivity index (χ0) is 18.5. The summed E-state index contributed by atoms with van der Waals surface area (Å²) in [6.45, 7) is 4.04. The molecule has 6 heteroatoms. The number of aromatic nitrogens is 1.